The van der Waals surface area contributed by atoms with Crippen molar-refractivity contribution >= 4 is 5.82 Å². The number of rotatable bonds is 5. The molecule has 2 unspecified atom stereocenters. The number of halogens is 4. The van der Waals surface area contributed by atoms with Gasteiger partial charge in [0, 0.05) is 12.6 Å². The van der Waals surface area contributed by atoms with Crippen LogP contribution in [0.1, 0.15) is 30.0 Å². The largest absolute Gasteiger partial charge is 0.416 e. The minimum Gasteiger partial charge on any atom is -0.394 e. The molecular formula is C17H19F4N3O2. The third kappa shape index (κ3) is 3.68. The van der Waals surface area contributed by atoms with Crippen molar-refractivity contribution in [2.24, 2.45) is 0 Å². The van der Waals surface area contributed by atoms with Crippen LogP contribution in [-0.4, -0.2) is 39.2 Å². The van der Waals surface area contributed by atoms with E-state index in [0.29, 0.717) is 25.2 Å². The number of alkyl halides is 3. The topological polar surface area (TPSA) is 61.5 Å². The molecule has 1 aromatic carbocycles. The van der Waals surface area contributed by atoms with Gasteiger partial charge < -0.3 is 15.1 Å². The first kappa shape index (κ1) is 18.7. The van der Waals surface area contributed by atoms with Gasteiger partial charge in [0.05, 0.1) is 37.1 Å². The minimum absolute atomic E-state index is 0.0112. The predicted molar refractivity (Wildman–Crippen MR) is 86.0 cm³/mol. The number of hydrogen-bond acceptors (Lipinski definition) is 4. The molecule has 5 nitrogen and oxygen atoms in total. The Bertz CT molecular complexity index is 763. The summed E-state index contributed by atoms with van der Waals surface area (Å²) >= 11 is 0. The summed E-state index contributed by atoms with van der Waals surface area (Å²) in [6.45, 7) is 0.0432. The van der Waals surface area contributed by atoms with Gasteiger partial charge in [-0.05, 0) is 36.6 Å². The van der Waals surface area contributed by atoms with E-state index >= 15 is 0 Å². The van der Waals surface area contributed by atoms with Gasteiger partial charge in [0.2, 0.25) is 0 Å². The quantitative estimate of drug-likeness (QED) is 0.792. The Hall–Kier alpha value is -2.13. The summed E-state index contributed by atoms with van der Waals surface area (Å²) in [5, 5.41) is 22.7. The second kappa shape index (κ2) is 7.24. The molecule has 0 bridgehead atoms. The highest BCUT2D eigenvalue weighted by Gasteiger charge is 2.39. The van der Waals surface area contributed by atoms with E-state index in [1.54, 1.807) is 11.0 Å². The van der Waals surface area contributed by atoms with E-state index in [4.69, 9.17) is 5.11 Å². The lowest BCUT2D eigenvalue weighted by Gasteiger charge is -2.29. The molecule has 1 aliphatic rings. The molecule has 2 heterocycles. The standard InChI is InChI=1S/C17H19F4N3O2/c18-11-3-4-14(17(19,20)21)13(8-11)15-2-1-7-23(15)16-5-6-22-24(16)9-12(26)10-25/h3-6,8,12,15,25-26H,1-2,7,9-10H2. The summed E-state index contributed by atoms with van der Waals surface area (Å²) in [7, 11) is 0. The predicted octanol–water partition coefficient (Wildman–Crippen LogP) is 2.74. The summed E-state index contributed by atoms with van der Waals surface area (Å²) < 4.78 is 55.3. The Morgan fingerprint density at radius 3 is 2.73 bits per heavy atom. The maximum atomic E-state index is 13.7. The Morgan fingerprint density at radius 1 is 1.27 bits per heavy atom. The summed E-state index contributed by atoms with van der Waals surface area (Å²) in [5.41, 5.74) is -0.956. The molecule has 1 saturated heterocycles. The van der Waals surface area contributed by atoms with Crippen LogP contribution in [0.3, 0.4) is 0 Å². The Kier molecular flexibility index (Phi) is 5.19. The number of benzene rings is 1. The fourth-order valence-electron chi connectivity index (χ4n) is 3.40. The van der Waals surface area contributed by atoms with Crippen molar-refractivity contribution in [3.05, 3.63) is 47.4 Å². The highest BCUT2D eigenvalue weighted by molar-refractivity contribution is 5.46. The molecule has 0 spiro atoms. The molecule has 1 aliphatic heterocycles. The van der Waals surface area contributed by atoms with Crippen LogP contribution < -0.4 is 4.90 Å². The SMILES string of the molecule is OCC(O)Cn1nccc1N1CCCC1c1cc(F)ccc1C(F)(F)F. The van der Waals surface area contributed by atoms with Gasteiger partial charge in [-0.25, -0.2) is 9.07 Å². The van der Waals surface area contributed by atoms with E-state index in [2.05, 4.69) is 5.10 Å². The molecular weight excluding hydrogens is 354 g/mol. The zero-order valence-corrected chi connectivity index (χ0v) is 13.8. The van der Waals surface area contributed by atoms with Gasteiger partial charge in [-0.2, -0.15) is 18.3 Å². The van der Waals surface area contributed by atoms with E-state index in [9.17, 15) is 22.7 Å². The first-order valence-corrected chi connectivity index (χ1v) is 8.25. The highest BCUT2D eigenvalue weighted by atomic mass is 19.4. The van der Waals surface area contributed by atoms with Crippen LogP contribution in [0.5, 0.6) is 0 Å². The molecule has 0 saturated carbocycles. The van der Waals surface area contributed by atoms with Crippen molar-refractivity contribution in [2.45, 2.75) is 37.7 Å². The smallest absolute Gasteiger partial charge is 0.394 e. The average molecular weight is 373 g/mol. The molecule has 0 aliphatic carbocycles. The Labute approximate surface area is 147 Å². The molecule has 0 radical (unpaired) electrons. The molecule has 26 heavy (non-hydrogen) atoms. The third-order valence-corrected chi connectivity index (χ3v) is 4.51. The van der Waals surface area contributed by atoms with Crippen molar-refractivity contribution in [3.63, 3.8) is 0 Å². The third-order valence-electron chi connectivity index (χ3n) is 4.51. The molecule has 1 fully saturated rings. The van der Waals surface area contributed by atoms with Gasteiger partial charge in [-0.1, -0.05) is 0 Å². The molecule has 2 N–H and O–H groups in total. The zero-order valence-electron chi connectivity index (χ0n) is 13.8. The van der Waals surface area contributed by atoms with E-state index in [1.165, 1.54) is 10.9 Å². The van der Waals surface area contributed by atoms with Crippen molar-refractivity contribution in [3.8, 4) is 0 Å². The van der Waals surface area contributed by atoms with Crippen LogP contribution >= 0.6 is 0 Å². The van der Waals surface area contributed by atoms with Gasteiger partial charge >= 0.3 is 6.18 Å². The van der Waals surface area contributed by atoms with Gasteiger partial charge in [0.1, 0.15) is 11.6 Å². The summed E-state index contributed by atoms with van der Waals surface area (Å²) in [4.78, 5) is 1.74. The molecule has 0 amide bonds. The van der Waals surface area contributed by atoms with Crippen LogP contribution in [0.2, 0.25) is 0 Å². The minimum atomic E-state index is -4.58. The number of anilines is 1. The fourth-order valence-corrected chi connectivity index (χ4v) is 3.40. The van der Waals surface area contributed by atoms with Crippen molar-refractivity contribution in [1.82, 2.24) is 9.78 Å². The van der Waals surface area contributed by atoms with E-state index in [0.717, 1.165) is 18.2 Å². The molecule has 1 aromatic heterocycles. The van der Waals surface area contributed by atoms with Crippen LogP contribution in [0.15, 0.2) is 30.5 Å². The van der Waals surface area contributed by atoms with E-state index < -0.39 is 36.3 Å². The van der Waals surface area contributed by atoms with E-state index in [1.807, 2.05) is 0 Å². The van der Waals surface area contributed by atoms with Crippen LogP contribution in [0.4, 0.5) is 23.4 Å². The first-order chi connectivity index (χ1) is 12.3. The van der Waals surface area contributed by atoms with Crippen LogP contribution in [0.25, 0.3) is 0 Å². The van der Waals surface area contributed by atoms with Gasteiger partial charge in [-0.15, -0.1) is 0 Å². The van der Waals surface area contributed by atoms with Gasteiger partial charge in [0.25, 0.3) is 0 Å². The van der Waals surface area contributed by atoms with Crippen molar-refractivity contribution < 1.29 is 27.8 Å². The zero-order chi connectivity index (χ0) is 18.9. The lowest BCUT2D eigenvalue weighted by Crippen LogP contribution is -2.29. The van der Waals surface area contributed by atoms with Gasteiger partial charge in [-0.3, -0.25) is 0 Å². The number of nitrogens with zero attached hydrogens (tertiary/aromatic N) is 3. The van der Waals surface area contributed by atoms with Crippen LogP contribution in [-0.2, 0) is 12.7 Å². The Morgan fingerprint density at radius 2 is 2.04 bits per heavy atom. The molecule has 2 aromatic rings. The lowest BCUT2D eigenvalue weighted by molar-refractivity contribution is -0.138. The molecule has 142 valence electrons. The molecule has 9 heteroatoms. The van der Waals surface area contributed by atoms with Crippen molar-refractivity contribution in [1.29, 1.82) is 0 Å². The number of aliphatic hydroxyl groups excluding tert-OH is 2. The number of aliphatic hydroxyl groups is 2. The van der Waals surface area contributed by atoms with Gasteiger partial charge in [0.15, 0.2) is 0 Å². The highest BCUT2D eigenvalue weighted by Crippen LogP contribution is 2.42. The molecule has 2 atom stereocenters. The second-order valence-corrected chi connectivity index (χ2v) is 6.29. The number of hydrogen-bond donors (Lipinski definition) is 2. The maximum Gasteiger partial charge on any atom is 0.416 e. The summed E-state index contributed by atoms with van der Waals surface area (Å²) in [6.07, 6.45) is -3.04. The number of aromatic nitrogens is 2. The monoisotopic (exact) mass is 373 g/mol. The summed E-state index contributed by atoms with van der Waals surface area (Å²) in [6, 6.07) is 3.51. The Balaban J connectivity index is 1.98. The maximum absolute atomic E-state index is 13.7. The molecule has 3 rings (SSSR count). The second-order valence-electron chi connectivity index (χ2n) is 6.29. The fraction of sp³-hybridized carbons (Fsp3) is 0.471. The van der Waals surface area contributed by atoms with Crippen LogP contribution in [0, 0.1) is 5.82 Å². The summed E-state index contributed by atoms with van der Waals surface area (Å²) in [5.74, 6) is -0.193. The first-order valence-electron chi connectivity index (χ1n) is 8.25. The lowest BCUT2D eigenvalue weighted by atomic mass is 9.97. The normalized spacial score (nSPS) is 19.2. The van der Waals surface area contributed by atoms with Crippen molar-refractivity contribution in [2.75, 3.05) is 18.1 Å². The average Bonchev–Trinajstić information content (AvgIpc) is 3.21. The van der Waals surface area contributed by atoms with E-state index in [-0.39, 0.29) is 12.1 Å².